The number of H-pyrrole nitrogens is 1. The first-order chi connectivity index (χ1) is 9.83. The van der Waals surface area contributed by atoms with Crippen LogP contribution in [0.4, 0.5) is 0 Å². The third-order valence-corrected chi connectivity index (χ3v) is 4.75. The summed E-state index contributed by atoms with van der Waals surface area (Å²) < 4.78 is 5.61. The summed E-state index contributed by atoms with van der Waals surface area (Å²) in [5.41, 5.74) is 6.60. The number of nitrogens with one attached hydrogen (secondary N) is 1. The normalized spacial score (nSPS) is 20.4. The van der Waals surface area contributed by atoms with Crippen LogP contribution in [0.5, 0.6) is 5.75 Å². The van der Waals surface area contributed by atoms with Gasteiger partial charge in [0.2, 0.25) is 0 Å². The Kier molecular flexibility index (Phi) is 2.60. The van der Waals surface area contributed by atoms with Gasteiger partial charge in [0.15, 0.2) is 0 Å². The minimum atomic E-state index is 0.471. The zero-order valence-corrected chi connectivity index (χ0v) is 11.9. The molecule has 0 fully saturated rings. The van der Waals surface area contributed by atoms with Crippen molar-refractivity contribution in [2.45, 2.75) is 25.8 Å². The van der Waals surface area contributed by atoms with Crippen molar-refractivity contribution in [2.24, 2.45) is 0 Å². The van der Waals surface area contributed by atoms with Gasteiger partial charge < -0.3 is 4.74 Å². The zero-order chi connectivity index (χ0) is 13.7. The van der Waals surface area contributed by atoms with Gasteiger partial charge >= 0.3 is 0 Å². The molecule has 1 aliphatic heterocycles. The summed E-state index contributed by atoms with van der Waals surface area (Å²) in [6, 6.07) is 4.81. The highest BCUT2D eigenvalue weighted by molar-refractivity contribution is 5.78. The van der Waals surface area contributed by atoms with Crippen LogP contribution in [0.3, 0.4) is 0 Å². The molecule has 1 aromatic heterocycles. The standard InChI is InChI=1S/C16H19N3O/c1-3-19-7-6-10-4-5-13(20-2)15-14(10)12(19)8-11-9-17-18-16(11)15/h4-5,9,12H,3,6-8H2,1-2H3,(H,17,18). The molecule has 0 saturated heterocycles. The maximum atomic E-state index is 5.61. The number of rotatable bonds is 2. The second kappa shape index (κ2) is 4.35. The van der Waals surface area contributed by atoms with Gasteiger partial charge in [-0.05, 0) is 42.1 Å². The van der Waals surface area contributed by atoms with E-state index in [-0.39, 0.29) is 0 Å². The first kappa shape index (κ1) is 12.0. The molecule has 0 bridgehead atoms. The molecule has 0 saturated carbocycles. The number of methoxy groups -OCH3 is 1. The molecule has 0 amide bonds. The molecule has 4 rings (SSSR count). The lowest BCUT2D eigenvalue weighted by Gasteiger charge is -2.40. The number of hydrogen-bond acceptors (Lipinski definition) is 3. The average molecular weight is 269 g/mol. The number of benzene rings is 1. The minimum Gasteiger partial charge on any atom is -0.496 e. The highest BCUT2D eigenvalue weighted by Gasteiger charge is 2.36. The molecule has 0 radical (unpaired) electrons. The monoisotopic (exact) mass is 269 g/mol. The number of aromatic nitrogens is 2. The van der Waals surface area contributed by atoms with Gasteiger partial charge in [-0.25, -0.2) is 0 Å². The SMILES string of the molecule is CCN1CCc2ccc(OC)c3c2C1Cc1cn[nH]c1-3. The highest BCUT2D eigenvalue weighted by Crippen LogP contribution is 2.48. The van der Waals surface area contributed by atoms with E-state index < -0.39 is 0 Å². The van der Waals surface area contributed by atoms with Crippen LogP contribution in [-0.4, -0.2) is 35.3 Å². The molecule has 2 aromatic rings. The fraction of sp³-hybridized carbons (Fsp3) is 0.438. The molecule has 2 heterocycles. The van der Waals surface area contributed by atoms with Crippen molar-refractivity contribution >= 4 is 0 Å². The van der Waals surface area contributed by atoms with Crippen LogP contribution in [0.1, 0.15) is 29.7 Å². The van der Waals surface area contributed by atoms with Crippen molar-refractivity contribution in [1.82, 2.24) is 15.1 Å². The lowest BCUT2D eigenvalue weighted by molar-refractivity contribution is 0.192. The zero-order valence-electron chi connectivity index (χ0n) is 11.9. The van der Waals surface area contributed by atoms with Gasteiger partial charge in [0.25, 0.3) is 0 Å². The summed E-state index contributed by atoms with van der Waals surface area (Å²) in [5, 5.41) is 7.42. The lowest BCUT2D eigenvalue weighted by Crippen LogP contribution is -2.38. The Morgan fingerprint density at radius 2 is 2.30 bits per heavy atom. The van der Waals surface area contributed by atoms with Crippen molar-refractivity contribution < 1.29 is 4.74 Å². The van der Waals surface area contributed by atoms with E-state index in [1.165, 1.54) is 22.3 Å². The molecule has 1 N–H and O–H groups in total. The molecule has 2 aliphatic rings. The molecule has 1 unspecified atom stereocenters. The number of aromatic amines is 1. The minimum absolute atomic E-state index is 0.471. The summed E-state index contributed by atoms with van der Waals surface area (Å²) >= 11 is 0. The number of nitrogens with zero attached hydrogens (tertiary/aromatic N) is 2. The van der Waals surface area contributed by atoms with Crippen LogP contribution in [0, 0.1) is 0 Å². The van der Waals surface area contributed by atoms with Gasteiger partial charge in [0.05, 0.1) is 19.0 Å². The van der Waals surface area contributed by atoms with E-state index in [4.69, 9.17) is 4.74 Å². The van der Waals surface area contributed by atoms with Crippen LogP contribution >= 0.6 is 0 Å². The van der Waals surface area contributed by atoms with Gasteiger partial charge in [-0.15, -0.1) is 0 Å². The largest absolute Gasteiger partial charge is 0.496 e. The molecule has 104 valence electrons. The molecule has 1 aliphatic carbocycles. The quantitative estimate of drug-likeness (QED) is 0.911. The van der Waals surface area contributed by atoms with Crippen molar-refractivity contribution in [3.63, 3.8) is 0 Å². The molecule has 4 heteroatoms. The van der Waals surface area contributed by atoms with E-state index in [0.717, 1.165) is 37.4 Å². The number of fused-ring (bicyclic) bond motifs is 2. The van der Waals surface area contributed by atoms with Gasteiger partial charge in [0, 0.05) is 18.2 Å². The number of likely N-dealkylation sites (N-methyl/N-ethyl adjacent to an activating group) is 1. The summed E-state index contributed by atoms with van der Waals surface area (Å²) in [4.78, 5) is 2.57. The maximum Gasteiger partial charge on any atom is 0.128 e. The van der Waals surface area contributed by atoms with Crippen LogP contribution in [0.2, 0.25) is 0 Å². The Morgan fingerprint density at radius 1 is 1.40 bits per heavy atom. The van der Waals surface area contributed by atoms with E-state index in [1.54, 1.807) is 7.11 Å². The maximum absolute atomic E-state index is 5.61. The van der Waals surface area contributed by atoms with Crippen molar-refractivity contribution in [2.75, 3.05) is 20.2 Å². The van der Waals surface area contributed by atoms with Crippen molar-refractivity contribution in [1.29, 1.82) is 0 Å². The molecular formula is C16H19N3O. The third-order valence-electron chi connectivity index (χ3n) is 4.75. The number of hydrogen-bond donors (Lipinski definition) is 1. The Hall–Kier alpha value is -1.81. The Balaban J connectivity index is 2.01. The first-order valence-electron chi connectivity index (χ1n) is 7.30. The topological polar surface area (TPSA) is 41.1 Å². The van der Waals surface area contributed by atoms with Crippen LogP contribution in [0.25, 0.3) is 11.3 Å². The predicted octanol–water partition coefficient (Wildman–Crippen LogP) is 2.56. The second-order valence-electron chi connectivity index (χ2n) is 5.58. The molecule has 1 aromatic carbocycles. The predicted molar refractivity (Wildman–Crippen MR) is 78.0 cm³/mol. The summed E-state index contributed by atoms with van der Waals surface area (Å²) in [6.07, 6.45) is 4.14. The van der Waals surface area contributed by atoms with Gasteiger partial charge in [-0.1, -0.05) is 13.0 Å². The number of ether oxygens (including phenoxy) is 1. The van der Waals surface area contributed by atoms with E-state index in [0.29, 0.717) is 6.04 Å². The summed E-state index contributed by atoms with van der Waals surface area (Å²) in [5.74, 6) is 0.955. The molecule has 0 spiro atoms. The average Bonchev–Trinajstić information content (AvgIpc) is 2.96. The molecule has 20 heavy (non-hydrogen) atoms. The third kappa shape index (κ3) is 1.48. The van der Waals surface area contributed by atoms with Gasteiger partial charge in [-0.2, -0.15) is 5.10 Å². The van der Waals surface area contributed by atoms with Gasteiger partial charge in [-0.3, -0.25) is 10.00 Å². The second-order valence-corrected chi connectivity index (χ2v) is 5.58. The molecule has 1 atom stereocenters. The van der Waals surface area contributed by atoms with E-state index in [9.17, 15) is 0 Å². The van der Waals surface area contributed by atoms with Gasteiger partial charge in [0.1, 0.15) is 5.75 Å². The lowest BCUT2D eigenvalue weighted by atomic mass is 9.79. The Morgan fingerprint density at radius 3 is 3.10 bits per heavy atom. The summed E-state index contributed by atoms with van der Waals surface area (Å²) in [7, 11) is 1.75. The van der Waals surface area contributed by atoms with E-state index in [2.05, 4.69) is 34.2 Å². The fourth-order valence-corrected chi connectivity index (χ4v) is 3.77. The van der Waals surface area contributed by atoms with Crippen LogP contribution in [-0.2, 0) is 12.8 Å². The summed E-state index contributed by atoms with van der Waals surface area (Å²) in [6.45, 7) is 4.48. The Bertz CT molecular complexity index is 662. The van der Waals surface area contributed by atoms with Crippen LogP contribution in [0.15, 0.2) is 18.3 Å². The smallest absolute Gasteiger partial charge is 0.128 e. The molecule has 4 nitrogen and oxygen atoms in total. The van der Waals surface area contributed by atoms with E-state index in [1.807, 2.05) is 6.20 Å². The molecular weight excluding hydrogens is 250 g/mol. The van der Waals surface area contributed by atoms with Crippen LogP contribution < -0.4 is 4.74 Å². The Labute approximate surface area is 118 Å². The fourth-order valence-electron chi connectivity index (χ4n) is 3.77. The van der Waals surface area contributed by atoms with Crippen molar-refractivity contribution in [3.05, 3.63) is 35.0 Å². The van der Waals surface area contributed by atoms with E-state index >= 15 is 0 Å². The first-order valence-corrected chi connectivity index (χ1v) is 7.30. The highest BCUT2D eigenvalue weighted by atomic mass is 16.5. The van der Waals surface area contributed by atoms with Crippen molar-refractivity contribution in [3.8, 4) is 17.0 Å².